The van der Waals surface area contributed by atoms with Gasteiger partial charge in [0.1, 0.15) is 17.0 Å². The van der Waals surface area contributed by atoms with Gasteiger partial charge in [-0.3, -0.25) is 9.69 Å². The topological polar surface area (TPSA) is 56.6 Å². The van der Waals surface area contributed by atoms with Crippen LogP contribution < -0.4 is 0 Å². The molecule has 2 aliphatic heterocycles. The summed E-state index contributed by atoms with van der Waals surface area (Å²) in [5, 5.41) is 12.5. The van der Waals surface area contributed by atoms with E-state index in [9.17, 15) is 10.1 Å². The van der Waals surface area contributed by atoms with Gasteiger partial charge in [-0.25, -0.2) is 8.78 Å². The number of fused-ring (bicyclic) bond motifs is 1. The van der Waals surface area contributed by atoms with Gasteiger partial charge in [0.25, 0.3) is 0 Å². The Hall–Kier alpha value is -2.24. The maximum absolute atomic E-state index is 15.6. The van der Waals surface area contributed by atoms with E-state index in [1.807, 2.05) is 25.7 Å². The van der Waals surface area contributed by atoms with E-state index in [4.69, 9.17) is 28.0 Å². The minimum Gasteiger partial charge on any atom is -0.367 e. The highest BCUT2D eigenvalue weighted by atomic mass is 35.5. The molecule has 0 unspecified atom stereocenters. The lowest BCUT2D eigenvalue weighted by Crippen LogP contribution is -2.47. The molecule has 2 aliphatic rings. The molecule has 2 heterocycles. The summed E-state index contributed by atoms with van der Waals surface area (Å²) < 4.78 is 31.1. The van der Waals surface area contributed by atoms with Crippen LogP contribution in [0.5, 0.6) is 0 Å². The van der Waals surface area contributed by atoms with E-state index in [2.05, 4.69) is 6.07 Å². The van der Waals surface area contributed by atoms with Gasteiger partial charge in [-0.1, -0.05) is 62.2 Å². The predicted molar refractivity (Wildman–Crippen MR) is 130 cm³/mol. The molecular formula is C26H27Cl2F2N3O2. The maximum Gasteiger partial charge on any atom is 0.322 e. The van der Waals surface area contributed by atoms with Gasteiger partial charge in [0.05, 0.1) is 24.3 Å². The average molecular weight is 522 g/mol. The summed E-state index contributed by atoms with van der Waals surface area (Å²) in [5.74, 6) is -2.53. The Morgan fingerprint density at radius 1 is 1.26 bits per heavy atom. The molecule has 0 spiro atoms. The number of hydrogen-bond acceptors (Lipinski definition) is 5. The molecule has 0 N–H and O–H groups in total. The van der Waals surface area contributed by atoms with E-state index in [0.717, 1.165) is 0 Å². The van der Waals surface area contributed by atoms with E-state index in [-0.39, 0.29) is 39.8 Å². The van der Waals surface area contributed by atoms with Crippen molar-refractivity contribution < 1.29 is 18.4 Å². The zero-order chi connectivity index (χ0) is 25.7. The van der Waals surface area contributed by atoms with Crippen molar-refractivity contribution in [3.8, 4) is 6.07 Å². The Kier molecular flexibility index (Phi) is 6.89. The quantitative estimate of drug-likeness (QED) is 0.489. The number of carbonyl (C=O) groups is 1. The highest BCUT2D eigenvalue weighted by Crippen LogP contribution is 2.57. The maximum atomic E-state index is 15.6. The Bertz CT molecular complexity index is 1200. The number of hydrogen-bond donors (Lipinski definition) is 0. The molecule has 2 saturated heterocycles. The highest BCUT2D eigenvalue weighted by molar-refractivity contribution is 6.31. The van der Waals surface area contributed by atoms with Gasteiger partial charge in [0.2, 0.25) is 0 Å². The van der Waals surface area contributed by atoms with Gasteiger partial charge < -0.3 is 4.84 Å². The SMILES string of the molecule is CC(=O)ON1C[C@H]2[C@H](c3cccc(Cl)c3F)[C@@](C#N)(c3ccc(Cl)cc3F)[C@H](CC(C)(C)C)N2C1. The van der Waals surface area contributed by atoms with Crippen LogP contribution in [0.1, 0.15) is 51.2 Å². The third-order valence-electron chi connectivity index (χ3n) is 6.88. The molecule has 35 heavy (non-hydrogen) atoms. The molecule has 0 aromatic heterocycles. The molecule has 9 heteroatoms. The fraction of sp³-hybridized carbons (Fsp3) is 0.462. The van der Waals surface area contributed by atoms with Crippen molar-refractivity contribution in [2.24, 2.45) is 5.41 Å². The normalized spacial score (nSPS) is 27.0. The summed E-state index contributed by atoms with van der Waals surface area (Å²) in [4.78, 5) is 19.1. The zero-order valence-electron chi connectivity index (χ0n) is 20.0. The van der Waals surface area contributed by atoms with Crippen LogP contribution in [-0.4, -0.2) is 41.2 Å². The molecule has 186 valence electrons. The molecule has 0 radical (unpaired) electrons. The first-order chi connectivity index (χ1) is 16.4. The van der Waals surface area contributed by atoms with Gasteiger partial charge in [0, 0.05) is 35.5 Å². The van der Waals surface area contributed by atoms with Crippen LogP contribution in [0.15, 0.2) is 36.4 Å². The van der Waals surface area contributed by atoms with E-state index in [1.54, 1.807) is 18.2 Å². The van der Waals surface area contributed by atoms with Crippen LogP contribution in [0.2, 0.25) is 10.0 Å². The summed E-state index contributed by atoms with van der Waals surface area (Å²) in [6.45, 7) is 7.87. The standard InChI is InChI=1S/C26H27Cl2F2N3O2/c1-15(34)35-32-12-21-23(17-6-5-7-19(28)24(17)30)26(13-31,18-9-8-16(27)10-20(18)29)22(33(21)14-32)11-25(2,3)4/h5-10,21-23H,11-12,14H2,1-4H3/t21-,22-,23-,26-/m0/s1. The van der Waals surface area contributed by atoms with Crippen molar-refractivity contribution in [2.75, 3.05) is 13.2 Å². The highest BCUT2D eigenvalue weighted by Gasteiger charge is 2.65. The number of rotatable bonds is 4. The molecule has 2 aromatic rings. The number of hydroxylamine groups is 2. The molecular weight excluding hydrogens is 495 g/mol. The van der Waals surface area contributed by atoms with Crippen molar-refractivity contribution in [1.82, 2.24) is 9.96 Å². The van der Waals surface area contributed by atoms with Gasteiger partial charge in [-0.2, -0.15) is 5.26 Å². The van der Waals surface area contributed by atoms with Crippen molar-refractivity contribution >= 4 is 29.2 Å². The largest absolute Gasteiger partial charge is 0.367 e. The van der Waals surface area contributed by atoms with Crippen LogP contribution in [-0.2, 0) is 15.0 Å². The molecule has 2 fully saturated rings. The smallest absolute Gasteiger partial charge is 0.322 e. The predicted octanol–water partition coefficient (Wildman–Crippen LogP) is 6.06. The van der Waals surface area contributed by atoms with Crippen LogP contribution >= 0.6 is 23.2 Å². The first kappa shape index (κ1) is 25.8. The molecule has 0 aliphatic carbocycles. The average Bonchev–Trinajstić information content (AvgIpc) is 3.24. The lowest BCUT2D eigenvalue weighted by atomic mass is 9.62. The first-order valence-electron chi connectivity index (χ1n) is 11.4. The second-order valence-electron chi connectivity index (χ2n) is 10.5. The number of nitrogens with zero attached hydrogens (tertiary/aromatic N) is 3. The number of halogens is 4. The van der Waals surface area contributed by atoms with Crippen molar-refractivity contribution in [3.63, 3.8) is 0 Å². The van der Waals surface area contributed by atoms with E-state index < -0.39 is 41.0 Å². The minimum atomic E-state index is -1.46. The van der Waals surface area contributed by atoms with Crippen molar-refractivity contribution in [3.05, 3.63) is 69.2 Å². The molecule has 2 aromatic carbocycles. The van der Waals surface area contributed by atoms with Crippen LogP contribution in [0.25, 0.3) is 0 Å². The molecule has 0 saturated carbocycles. The zero-order valence-corrected chi connectivity index (χ0v) is 21.5. The van der Waals surface area contributed by atoms with Crippen LogP contribution in [0, 0.1) is 28.4 Å². The Balaban J connectivity index is 2.00. The van der Waals surface area contributed by atoms with E-state index in [1.165, 1.54) is 30.2 Å². The van der Waals surface area contributed by atoms with E-state index >= 15 is 8.78 Å². The van der Waals surface area contributed by atoms with Crippen molar-refractivity contribution in [2.45, 2.75) is 57.5 Å². The fourth-order valence-electron chi connectivity index (χ4n) is 5.75. The second-order valence-corrected chi connectivity index (χ2v) is 11.3. The van der Waals surface area contributed by atoms with Crippen LogP contribution in [0.3, 0.4) is 0 Å². The Labute approximate surface area is 214 Å². The van der Waals surface area contributed by atoms with Gasteiger partial charge in [-0.05, 0) is 35.6 Å². The third kappa shape index (κ3) is 4.53. The molecule has 0 bridgehead atoms. The summed E-state index contributed by atoms with van der Waals surface area (Å²) in [5.41, 5.74) is -1.32. The monoisotopic (exact) mass is 521 g/mol. The fourth-order valence-corrected chi connectivity index (χ4v) is 6.09. The summed E-state index contributed by atoms with van der Waals surface area (Å²) in [7, 11) is 0. The molecule has 0 amide bonds. The Morgan fingerprint density at radius 3 is 2.57 bits per heavy atom. The molecule has 5 nitrogen and oxygen atoms in total. The molecule has 4 rings (SSSR count). The number of benzene rings is 2. The number of nitriles is 1. The minimum absolute atomic E-state index is 0.0772. The third-order valence-corrected chi connectivity index (χ3v) is 7.41. The van der Waals surface area contributed by atoms with Crippen LogP contribution in [0.4, 0.5) is 8.78 Å². The number of carbonyl (C=O) groups excluding carboxylic acids is 1. The lowest BCUT2D eigenvalue weighted by Gasteiger charge is -2.40. The summed E-state index contributed by atoms with van der Waals surface area (Å²) >= 11 is 12.2. The summed E-state index contributed by atoms with van der Waals surface area (Å²) in [6.07, 6.45) is 0.506. The lowest BCUT2D eigenvalue weighted by molar-refractivity contribution is -0.186. The molecule has 4 atom stereocenters. The summed E-state index contributed by atoms with van der Waals surface area (Å²) in [6, 6.07) is 10.4. The van der Waals surface area contributed by atoms with Crippen molar-refractivity contribution in [1.29, 1.82) is 5.26 Å². The van der Waals surface area contributed by atoms with E-state index in [0.29, 0.717) is 6.42 Å². The van der Waals surface area contributed by atoms with Gasteiger partial charge in [0.15, 0.2) is 0 Å². The van der Waals surface area contributed by atoms with Gasteiger partial charge >= 0.3 is 5.97 Å². The van der Waals surface area contributed by atoms with Gasteiger partial charge in [-0.15, -0.1) is 5.06 Å². The first-order valence-corrected chi connectivity index (χ1v) is 12.1. The second kappa shape index (κ2) is 9.33. The Morgan fingerprint density at radius 2 is 1.97 bits per heavy atom.